The maximum atomic E-state index is 13.1. The van der Waals surface area contributed by atoms with Crippen molar-refractivity contribution in [3.8, 4) is 5.75 Å². The topological polar surface area (TPSA) is 40.5 Å². The third-order valence-corrected chi connectivity index (χ3v) is 4.25. The average Bonchev–Trinajstić information content (AvgIpc) is 2.63. The summed E-state index contributed by atoms with van der Waals surface area (Å²) in [7, 11) is 0. The number of nitrogens with zero attached hydrogens (tertiary/aromatic N) is 1. The number of hydrogen-bond donors (Lipinski definition) is 1. The van der Waals surface area contributed by atoms with Crippen molar-refractivity contribution in [2.24, 2.45) is 5.92 Å². The van der Waals surface area contributed by atoms with Crippen LogP contribution in [-0.2, 0) is 0 Å². The predicted octanol–water partition coefficient (Wildman–Crippen LogP) is 5.29. The van der Waals surface area contributed by atoms with Crippen LogP contribution in [0.25, 0.3) is 10.8 Å². The van der Waals surface area contributed by atoms with E-state index < -0.39 is 0 Å². The number of hydrogen-bond acceptors (Lipinski definition) is 2. The molecular weight excluding hydrogens is 310 g/mol. The number of phenolic OH excluding ortho intramolecular Hbond substituents is 1. The molecule has 0 aromatic heterocycles. The van der Waals surface area contributed by atoms with E-state index in [9.17, 15) is 9.90 Å². The first-order chi connectivity index (χ1) is 12.0. The smallest absolute Gasteiger partial charge is 0.261 e. The summed E-state index contributed by atoms with van der Waals surface area (Å²) < 4.78 is 0. The number of carbonyl (C=O) groups is 1. The Labute approximate surface area is 149 Å². The molecule has 1 amide bonds. The van der Waals surface area contributed by atoms with Gasteiger partial charge < -0.3 is 10.0 Å². The second-order valence-electron chi connectivity index (χ2n) is 5.91. The lowest BCUT2D eigenvalue weighted by molar-refractivity contribution is 0.0799. The largest absolute Gasteiger partial charge is 0.507 e. The molecule has 0 bridgehead atoms. The number of benzene rings is 2. The molecule has 0 aliphatic rings. The van der Waals surface area contributed by atoms with Gasteiger partial charge in [-0.05, 0) is 42.8 Å². The Morgan fingerprint density at radius 2 is 1.92 bits per heavy atom. The minimum absolute atomic E-state index is 0.00112. The van der Waals surface area contributed by atoms with Gasteiger partial charge in [0.2, 0.25) is 0 Å². The second-order valence-corrected chi connectivity index (χ2v) is 5.91. The van der Waals surface area contributed by atoms with Crippen molar-refractivity contribution in [2.75, 3.05) is 6.54 Å². The van der Waals surface area contributed by atoms with Crippen LogP contribution in [0.1, 0.15) is 31.1 Å². The number of rotatable bonds is 6. The Morgan fingerprint density at radius 1 is 1.28 bits per heavy atom. The highest BCUT2D eigenvalue weighted by Gasteiger charge is 2.23. The summed E-state index contributed by atoms with van der Waals surface area (Å²) in [6, 6.07) is 11.1. The van der Waals surface area contributed by atoms with E-state index in [-0.39, 0.29) is 17.6 Å². The molecule has 0 fully saturated rings. The highest BCUT2D eigenvalue weighted by atomic mass is 16.3. The fraction of sp³-hybridized carbons (Fsp3) is 0.227. The summed E-state index contributed by atoms with van der Waals surface area (Å²) in [5, 5.41) is 12.2. The van der Waals surface area contributed by atoms with Gasteiger partial charge in [0.05, 0.1) is 5.56 Å². The molecule has 0 aliphatic heterocycles. The van der Waals surface area contributed by atoms with Gasteiger partial charge in [-0.2, -0.15) is 0 Å². The summed E-state index contributed by atoms with van der Waals surface area (Å²) in [5.41, 5.74) is 1.16. The van der Waals surface area contributed by atoms with E-state index in [2.05, 4.69) is 6.58 Å². The molecule has 1 atom stereocenters. The normalized spacial score (nSPS) is 13.2. The Kier molecular flexibility index (Phi) is 6.18. The number of allylic oxidation sites excluding steroid dienone is 4. The average molecular weight is 335 g/mol. The maximum Gasteiger partial charge on any atom is 0.261 e. The fourth-order valence-corrected chi connectivity index (χ4v) is 2.79. The summed E-state index contributed by atoms with van der Waals surface area (Å²) in [5.74, 6) is -0.198. The summed E-state index contributed by atoms with van der Waals surface area (Å²) >= 11 is 0. The van der Waals surface area contributed by atoms with Crippen LogP contribution < -0.4 is 0 Å². The SMILES string of the molecule is C=CC(C)/C(=C\C=C/C)N(CC)C(=O)c1cc2ccccc2cc1O. The Hall–Kier alpha value is -2.81. The van der Waals surface area contributed by atoms with Crippen LogP contribution in [0.5, 0.6) is 5.75 Å². The first-order valence-electron chi connectivity index (χ1n) is 8.52. The van der Waals surface area contributed by atoms with E-state index in [0.29, 0.717) is 12.1 Å². The van der Waals surface area contributed by atoms with Gasteiger partial charge in [0.25, 0.3) is 5.91 Å². The van der Waals surface area contributed by atoms with Crippen molar-refractivity contribution in [1.29, 1.82) is 0 Å². The Balaban J connectivity index is 2.51. The van der Waals surface area contributed by atoms with Crippen molar-refractivity contribution in [2.45, 2.75) is 20.8 Å². The van der Waals surface area contributed by atoms with Crippen LogP contribution in [0.15, 0.2) is 73.0 Å². The van der Waals surface area contributed by atoms with Crippen molar-refractivity contribution >= 4 is 16.7 Å². The molecule has 1 N–H and O–H groups in total. The first-order valence-corrected chi connectivity index (χ1v) is 8.52. The van der Waals surface area contributed by atoms with Gasteiger partial charge in [-0.15, -0.1) is 6.58 Å². The lowest BCUT2D eigenvalue weighted by atomic mass is 10.0. The molecule has 0 radical (unpaired) electrons. The fourth-order valence-electron chi connectivity index (χ4n) is 2.79. The number of amides is 1. The molecule has 2 aromatic carbocycles. The second kappa shape index (κ2) is 8.34. The van der Waals surface area contributed by atoms with Gasteiger partial charge in [-0.1, -0.05) is 49.4 Å². The van der Waals surface area contributed by atoms with Crippen molar-refractivity contribution in [3.63, 3.8) is 0 Å². The summed E-state index contributed by atoms with van der Waals surface area (Å²) in [6.45, 7) is 10.2. The van der Waals surface area contributed by atoms with E-state index in [4.69, 9.17) is 0 Å². The molecular formula is C22H25NO2. The quantitative estimate of drug-likeness (QED) is 0.575. The van der Waals surface area contributed by atoms with E-state index in [1.54, 1.807) is 17.0 Å². The highest BCUT2D eigenvalue weighted by Crippen LogP contribution is 2.28. The Morgan fingerprint density at radius 3 is 2.48 bits per heavy atom. The first kappa shape index (κ1) is 18.5. The third-order valence-electron chi connectivity index (χ3n) is 4.25. The maximum absolute atomic E-state index is 13.1. The highest BCUT2D eigenvalue weighted by molar-refractivity contribution is 6.02. The molecule has 2 aromatic rings. The molecule has 130 valence electrons. The zero-order chi connectivity index (χ0) is 18.4. The standard InChI is InChI=1S/C22H25NO2/c1-5-8-13-20(16(4)6-2)23(7-3)22(25)19-14-17-11-9-10-12-18(17)15-21(19)24/h5-6,8-16,24H,2,7H2,1,3-4H3/b8-5-,20-13+. The number of aromatic hydroxyl groups is 1. The summed E-state index contributed by atoms with van der Waals surface area (Å²) in [6.07, 6.45) is 7.56. The Bertz CT molecular complexity index is 833. The van der Waals surface area contributed by atoms with Crippen molar-refractivity contribution in [1.82, 2.24) is 4.90 Å². The van der Waals surface area contributed by atoms with Gasteiger partial charge in [0, 0.05) is 18.2 Å². The van der Waals surface area contributed by atoms with E-state index >= 15 is 0 Å². The molecule has 0 saturated heterocycles. The van der Waals surface area contributed by atoms with Crippen LogP contribution >= 0.6 is 0 Å². The van der Waals surface area contributed by atoms with Gasteiger partial charge in [0.1, 0.15) is 5.75 Å². The summed E-state index contributed by atoms with van der Waals surface area (Å²) in [4.78, 5) is 14.8. The van der Waals surface area contributed by atoms with Crippen LogP contribution in [0.3, 0.4) is 0 Å². The minimum Gasteiger partial charge on any atom is -0.507 e. The van der Waals surface area contributed by atoms with Crippen LogP contribution in [0.4, 0.5) is 0 Å². The number of fused-ring (bicyclic) bond motifs is 1. The molecule has 0 heterocycles. The molecule has 0 spiro atoms. The van der Waals surface area contributed by atoms with E-state index in [0.717, 1.165) is 16.5 Å². The molecule has 3 heteroatoms. The van der Waals surface area contributed by atoms with Crippen LogP contribution in [0.2, 0.25) is 0 Å². The van der Waals surface area contributed by atoms with Crippen molar-refractivity contribution in [3.05, 3.63) is 78.5 Å². The molecule has 25 heavy (non-hydrogen) atoms. The third kappa shape index (κ3) is 4.00. The minimum atomic E-state index is -0.213. The molecule has 2 rings (SSSR count). The van der Waals surface area contributed by atoms with E-state index in [1.807, 2.05) is 69.3 Å². The molecule has 1 unspecified atom stereocenters. The van der Waals surface area contributed by atoms with Gasteiger partial charge in [0.15, 0.2) is 0 Å². The monoisotopic (exact) mass is 335 g/mol. The van der Waals surface area contributed by atoms with Crippen LogP contribution in [0, 0.1) is 5.92 Å². The lowest BCUT2D eigenvalue weighted by Crippen LogP contribution is -2.32. The number of phenols is 1. The zero-order valence-corrected chi connectivity index (χ0v) is 15.1. The molecule has 0 saturated carbocycles. The number of carbonyl (C=O) groups excluding carboxylic acids is 1. The van der Waals surface area contributed by atoms with E-state index in [1.165, 1.54) is 0 Å². The van der Waals surface area contributed by atoms with Gasteiger partial charge in [-0.25, -0.2) is 0 Å². The van der Waals surface area contributed by atoms with Crippen LogP contribution in [-0.4, -0.2) is 22.5 Å². The predicted molar refractivity (Wildman–Crippen MR) is 105 cm³/mol. The molecule has 3 nitrogen and oxygen atoms in total. The van der Waals surface area contributed by atoms with Gasteiger partial charge in [-0.3, -0.25) is 4.79 Å². The lowest BCUT2D eigenvalue weighted by Gasteiger charge is -2.27. The molecule has 0 aliphatic carbocycles. The van der Waals surface area contributed by atoms with Crippen molar-refractivity contribution < 1.29 is 9.90 Å². The van der Waals surface area contributed by atoms with Gasteiger partial charge >= 0.3 is 0 Å². The zero-order valence-electron chi connectivity index (χ0n) is 15.1.